The summed E-state index contributed by atoms with van der Waals surface area (Å²) in [6, 6.07) is 7.24. The van der Waals surface area contributed by atoms with Gasteiger partial charge in [-0.1, -0.05) is 39.3 Å². The van der Waals surface area contributed by atoms with E-state index in [4.69, 9.17) is 0 Å². The molecule has 1 saturated carbocycles. The van der Waals surface area contributed by atoms with E-state index >= 15 is 0 Å². The fraction of sp³-hybridized carbons (Fsp3) is 0.667. The smallest absolute Gasteiger partial charge is 0.115 e. The van der Waals surface area contributed by atoms with Crippen LogP contribution in [0.15, 0.2) is 24.3 Å². The molecule has 0 saturated heterocycles. The second kappa shape index (κ2) is 5.77. The first-order chi connectivity index (χ1) is 9.28. The average molecular weight is 276 g/mol. The molecule has 20 heavy (non-hydrogen) atoms. The minimum atomic E-state index is -0.572. The molecule has 2 unspecified atom stereocenters. The summed E-state index contributed by atoms with van der Waals surface area (Å²) in [6.07, 6.45) is 5.91. The summed E-state index contributed by atoms with van der Waals surface area (Å²) < 4.78 is 0. The Hall–Kier alpha value is -1.02. The van der Waals surface area contributed by atoms with Crippen LogP contribution < -0.4 is 0 Å². The molecule has 0 aliphatic heterocycles. The fourth-order valence-corrected chi connectivity index (χ4v) is 3.43. The highest BCUT2D eigenvalue weighted by atomic mass is 16.3. The maximum absolute atomic E-state index is 10.9. The normalized spacial score (nSPS) is 28.1. The van der Waals surface area contributed by atoms with Crippen LogP contribution in [0.3, 0.4) is 0 Å². The largest absolute Gasteiger partial charge is 0.508 e. The lowest BCUT2D eigenvalue weighted by molar-refractivity contribution is 0.0225. The molecule has 1 aromatic rings. The number of hydrogen-bond acceptors (Lipinski definition) is 2. The molecule has 0 amide bonds. The molecule has 112 valence electrons. The van der Waals surface area contributed by atoms with Crippen LogP contribution in [0.4, 0.5) is 0 Å². The fourth-order valence-electron chi connectivity index (χ4n) is 3.43. The second-order valence-electron chi connectivity index (χ2n) is 7.56. The van der Waals surface area contributed by atoms with Crippen molar-refractivity contribution in [1.82, 2.24) is 0 Å². The third-order valence-electron chi connectivity index (χ3n) is 4.85. The van der Waals surface area contributed by atoms with Gasteiger partial charge in [0.25, 0.3) is 0 Å². The van der Waals surface area contributed by atoms with E-state index in [1.807, 2.05) is 12.1 Å². The van der Waals surface area contributed by atoms with Crippen molar-refractivity contribution >= 4 is 0 Å². The maximum atomic E-state index is 10.9. The van der Waals surface area contributed by atoms with E-state index in [2.05, 4.69) is 20.8 Å². The van der Waals surface area contributed by atoms with Crippen LogP contribution in [0, 0.1) is 11.3 Å². The zero-order valence-electron chi connectivity index (χ0n) is 13.0. The van der Waals surface area contributed by atoms with Gasteiger partial charge in [-0.05, 0) is 54.7 Å². The summed E-state index contributed by atoms with van der Waals surface area (Å²) in [5, 5.41) is 20.2. The van der Waals surface area contributed by atoms with Gasteiger partial charge in [0.1, 0.15) is 5.75 Å². The number of aromatic hydroxyl groups is 1. The van der Waals surface area contributed by atoms with Crippen molar-refractivity contribution in [2.24, 2.45) is 11.3 Å². The zero-order chi connectivity index (χ0) is 14.8. The van der Waals surface area contributed by atoms with Crippen molar-refractivity contribution < 1.29 is 10.2 Å². The third-order valence-corrected chi connectivity index (χ3v) is 4.85. The van der Waals surface area contributed by atoms with Crippen molar-refractivity contribution in [3.63, 3.8) is 0 Å². The lowest BCUT2D eigenvalue weighted by Crippen LogP contribution is -2.31. The number of hydrogen-bond donors (Lipinski definition) is 2. The first kappa shape index (κ1) is 15.4. The predicted octanol–water partition coefficient (Wildman–Crippen LogP) is 4.29. The summed E-state index contributed by atoms with van der Waals surface area (Å²) >= 11 is 0. The molecule has 0 spiro atoms. The Morgan fingerprint density at radius 3 is 2.35 bits per heavy atom. The molecule has 0 heterocycles. The summed E-state index contributed by atoms with van der Waals surface area (Å²) in [5.74, 6) is 0.991. The van der Waals surface area contributed by atoms with Crippen LogP contribution in [-0.4, -0.2) is 15.8 Å². The molecule has 1 aromatic carbocycles. The molecular weight excluding hydrogens is 248 g/mol. The highest BCUT2D eigenvalue weighted by Gasteiger charge is 2.34. The van der Waals surface area contributed by atoms with Crippen molar-refractivity contribution in [1.29, 1.82) is 0 Å². The van der Waals surface area contributed by atoms with Crippen LogP contribution >= 0.6 is 0 Å². The SMILES string of the molecule is CC(C)(C)C1CCCC(O)(Cc2ccc(O)cc2)CC1. The standard InChI is InChI=1S/C18H28O2/c1-17(2,3)15-5-4-11-18(20,12-10-15)13-14-6-8-16(19)9-7-14/h6-9,15,19-20H,4-5,10-13H2,1-3H3. The first-order valence-electron chi connectivity index (χ1n) is 7.79. The van der Waals surface area contributed by atoms with E-state index in [0.29, 0.717) is 17.8 Å². The van der Waals surface area contributed by atoms with Crippen LogP contribution in [0.2, 0.25) is 0 Å². The highest BCUT2D eigenvalue weighted by Crippen LogP contribution is 2.40. The Morgan fingerprint density at radius 1 is 1.10 bits per heavy atom. The van der Waals surface area contributed by atoms with Crippen LogP contribution in [-0.2, 0) is 6.42 Å². The monoisotopic (exact) mass is 276 g/mol. The molecule has 2 rings (SSSR count). The third kappa shape index (κ3) is 3.99. The van der Waals surface area contributed by atoms with E-state index < -0.39 is 5.60 Å². The molecule has 2 atom stereocenters. The number of aliphatic hydroxyl groups is 1. The molecule has 0 radical (unpaired) electrons. The van der Waals surface area contributed by atoms with Gasteiger partial charge in [0.2, 0.25) is 0 Å². The maximum Gasteiger partial charge on any atom is 0.115 e. The topological polar surface area (TPSA) is 40.5 Å². The number of phenolic OH excluding ortho intramolecular Hbond substituents is 1. The number of phenols is 1. The average Bonchev–Trinajstić information content (AvgIpc) is 2.54. The highest BCUT2D eigenvalue weighted by molar-refractivity contribution is 5.27. The minimum Gasteiger partial charge on any atom is -0.508 e. The zero-order valence-corrected chi connectivity index (χ0v) is 13.0. The number of rotatable bonds is 2. The van der Waals surface area contributed by atoms with Gasteiger partial charge in [-0.25, -0.2) is 0 Å². The van der Waals surface area contributed by atoms with Crippen molar-refractivity contribution in [2.45, 2.75) is 64.9 Å². The van der Waals surface area contributed by atoms with Gasteiger partial charge in [0.15, 0.2) is 0 Å². The van der Waals surface area contributed by atoms with Crippen molar-refractivity contribution in [3.05, 3.63) is 29.8 Å². The quantitative estimate of drug-likeness (QED) is 0.791. The summed E-state index contributed by atoms with van der Waals surface area (Å²) in [6.45, 7) is 6.92. The van der Waals surface area contributed by atoms with Gasteiger partial charge in [-0.3, -0.25) is 0 Å². The second-order valence-corrected chi connectivity index (χ2v) is 7.56. The Kier molecular flexibility index (Phi) is 4.43. The Bertz CT molecular complexity index is 430. The molecule has 2 N–H and O–H groups in total. The summed E-state index contributed by atoms with van der Waals surface area (Å²) in [4.78, 5) is 0. The molecule has 1 aliphatic rings. The molecule has 1 fully saturated rings. The van der Waals surface area contributed by atoms with Gasteiger partial charge in [-0.2, -0.15) is 0 Å². The molecule has 0 bridgehead atoms. The minimum absolute atomic E-state index is 0.286. The van der Waals surface area contributed by atoms with E-state index in [0.717, 1.165) is 31.2 Å². The Morgan fingerprint density at radius 2 is 1.75 bits per heavy atom. The predicted molar refractivity (Wildman–Crippen MR) is 82.8 cm³/mol. The molecule has 0 aromatic heterocycles. The van der Waals surface area contributed by atoms with Crippen LogP contribution in [0.1, 0.15) is 58.4 Å². The summed E-state index contributed by atoms with van der Waals surface area (Å²) in [5.41, 5.74) is 0.875. The van der Waals surface area contributed by atoms with Gasteiger partial charge in [0, 0.05) is 6.42 Å². The first-order valence-corrected chi connectivity index (χ1v) is 7.79. The van der Waals surface area contributed by atoms with Crippen LogP contribution in [0.5, 0.6) is 5.75 Å². The number of benzene rings is 1. The molecule has 2 heteroatoms. The van der Waals surface area contributed by atoms with Crippen LogP contribution in [0.25, 0.3) is 0 Å². The van der Waals surface area contributed by atoms with Gasteiger partial charge >= 0.3 is 0 Å². The van der Waals surface area contributed by atoms with Gasteiger partial charge in [-0.15, -0.1) is 0 Å². The molecular formula is C18H28O2. The summed E-state index contributed by atoms with van der Waals surface area (Å²) in [7, 11) is 0. The van der Waals surface area contributed by atoms with E-state index in [1.54, 1.807) is 12.1 Å². The van der Waals surface area contributed by atoms with Gasteiger partial charge in [0.05, 0.1) is 5.60 Å². The van der Waals surface area contributed by atoms with Gasteiger partial charge < -0.3 is 10.2 Å². The van der Waals surface area contributed by atoms with Crippen molar-refractivity contribution in [2.75, 3.05) is 0 Å². The van der Waals surface area contributed by atoms with E-state index in [1.165, 1.54) is 6.42 Å². The van der Waals surface area contributed by atoms with E-state index in [9.17, 15) is 10.2 Å². The lowest BCUT2D eigenvalue weighted by atomic mass is 9.76. The Balaban J connectivity index is 2.02. The lowest BCUT2D eigenvalue weighted by Gasteiger charge is -2.31. The molecule has 2 nitrogen and oxygen atoms in total. The van der Waals surface area contributed by atoms with Crippen molar-refractivity contribution in [3.8, 4) is 5.75 Å². The Labute approximate surface area is 122 Å². The van der Waals surface area contributed by atoms with E-state index in [-0.39, 0.29) is 5.75 Å². The molecule has 1 aliphatic carbocycles.